The summed E-state index contributed by atoms with van der Waals surface area (Å²) in [7, 11) is 1.76. The molecule has 2 fully saturated rings. The molecule has 17 heavy (non-hydrogen) atoms. The summed E-state index contributed by atoms with van der Waals surface area (Å²) >= 11 is 0. The van der Waals surface area contributed by atoms with Gasteiger partial charge in [0.05, 0.1) is 18.2 Å². The number of amides is 1. The summed E-state index contributed by atoms with van der Waals surface area (Å²) in [5.74, 6) is 0.271. The summed E-state index contributed by atoms with van der Waals surface area (Å²) in [6.45, 7) is 5.06. The van der Waals surface area contributed by atoms with Crippen LogP contribution >= 0.6 is 0 Å². The highest BCUT2D eigenvalue weighted by atomic mass is 16.5. The van der Waals surface area contributed by atoms with Crippen molar-refractivity contribution in [3.63, 3.8) is 0 Å². The Bertz CT molecular complexity index is 281. The minimum absolute atomic E-state index is 0.0214. The standard InChI is InChI=1S/C13H24N2O2/c1-9(2)14-10-7-8-15(13(10)16)11-5-4-6-12(11)17-3/h9-12,14H,4-8H2,1-3H3. The van der Waals surface area contributed by atoms with Gasteiger partial charge in [-0.25, -0.2) is 0 Å². The second-order valence-electron chi connectivity index (χ2n) is 5.47. The summed E-state index contributed by atoms with van der Waals surface area (Å²) in [5.41, 5.74) is 0. The first kappa shape index (κ1) is 12.8. The summed E-state index contributed by atoms with van der Waals surface area (Å²) in [6.07, 6.45) is 4.54. The average Bonchev–Trinajstić information content (AvgIpc) is 2.86. The molecule has 0 radical (unpaired) electrons. The largest absolute Gasteiger partial charge is 0.379 e. The number of carbonyl (C=O) groups is 1. The second kappa shape index (κ2) is 5.36. The number of carbonyl (C=O) groups excluding carboxylic acids is 1. The lowest BCUT2D eigenvalue weighted by Gasteiger charge is -2.29. The first-order valence-electron chi connectivity index (χ1n) is 6.72. The molecule has 98 valence electrons. The minimum Gasteiger partial charge on any atom is -0.379 e. The van der Waals surface area contributed by atoms with Crippen LogP contribution in [0.5, 0.6) is 0 Å². The fraction of sp³-hybridized carbons (Fsp3) is 0.923. The van der Waals surface area contributed by atoms with Gasteiger partial charge in [-0.15, -0.1) is 0 Å². The minimum atomic E-state index is 0.0214. The van der Waals surface area contributed by atoms with Crippen LogP contribution in [0.25, 0.3) is 0 Å². The molecule has 0 aromatic heterocycles. The van der Waals surface area contributed by atoms with Gasteiger partial charge in [-0.2, -0.15) is 0 Å². The topological polar surface area (TPSA) is 41.6 Å². The highest BCUT2D eigenvalue weighted by Crippen LogP contribution is 2.29. The lowest BCUT2D eigenvalue weighted by Crippen LogP contribution is -2.47. The fourth-order valence-corrected chi connectivity index (χ4v) is 3.13. The summed E-state index contributed by atoms with van der Waals surface area (Å²) < 4.78 is 5.49. The van der Waals surface area contributed by atoms with Crippen LogP contribution in [0, 0.1) is 0 Å². The van der Waals surface area contributed by atoms with Crippen LogP contribution in [0.4, 0.5) is 0 Å². The van der Waals surface area contributed by atoms with Crippen LogP contribution < -0.4 is 5.32 Å². The molecule has 4 nitrogen and oxygen atoms in total. The molecule has 3 atom stereocenters. The number of nitrogens with one attached hydrogen (secondary N) is 1. The second-order valence-corrected chi connectivity index (χ2v) is 5.47. The molecule has 0 bridgehead atoms. The van der Waals surface area contributed by atoms with Crippen molar-refractivity contribution < 1.29 is 9.53 Å². The predicted molar refractivity (Wildman–Crippen MR) is 66.8 cm³/mol. The third kappa shape index (κ3) is 2.63. The van der Waals surface area contributed by atoms with Gasteiger partial charge >= 0.3 is 0 Å². The van der Waals surface area contributed by atoms with Gasteiger partial charge < -0.3 is 15.0 Å². The average molecular weight is 240 g/mol. The van der Waals surface area contributed by atoms with E-state index in [0.29, 0.717) is 12.1 Å². The molecule has 1 aliphatic carbocycles. The molecule has 0 aromatic rings. The molecule has 2 aliphatic rings. The van der Waals surface area contributed by atoms with Crippen molar-refractivity contribution in [1.29, 1.82) is 0 Å². The maximum Gasteiger partial charge on any atom is 0.240 e. The maximum atomic E-state index is 12.3. The molecule has 4 heteroatoms. The van der Waals surface area contributed by atoms with Crippen LogP contribution in [-0.4, -0.2) is 48.7 Å². The molecule has 1 heterocycles. The van der Waals surface area contributed by atoms with Crippen molar-refractivity contribution in [1.82, 2.24) is 10.2 Å². The van der Waals surface area contributed by atoms with E-state index in [0.717, 1.165) is 25.8 Å². The van der Waals surface area contributed by atoms with E-state index in [-0.39, 0.29) is 18.1 Å². The Balaban J connectivity index is 1.97. The Morgan fingerprint density at radius 3 is 2.76 bits per heavy atom. The molecule has 1 saturated heterocycles. The highest BCUT2D eigenvalue weighted by molar-refractivity contribution is 5.84. The summed E-state index contributed by atoms with van der Waals surface area (Å²) in [4.78, 5) is 14.3. The van der Waals surface area contributed by atoms with E-state index in [9.17, 15) is 4.79 Å². The van der Waals surface area contributed by atoms with Crippen LogP contribution in [0.15, 0.2) is 0 Å². The number of likely N-dealkylation sites (tertiary alicyclic amines) is 1. The zero-order chi connectivity index (χ0) is 12.4. The Labute approximate surface area is 104 Å². The van der Waals surface area contributed by atoms with E-state index in [1.807, 2.05) is 4.90 Å². The number of nitrogens with zero attached hydrogens (tertiary/aromatic N) is 1. The molecule has 1 saturated carbocycles. The van der Waals surface area contributed by atoms with E-state index in [4.69, 9.17) is 4.74 Å². The van der Waals surface area contributed by atoms with Crippen LogP contribution in [0.1, 0.15) is 39.5 Å². The van der Waals surface area contributed by atoms with E-state index in [1.165, 1.54) is 6.42 Å². The van der Waals surface area contributed by atoms with Crippen LogP contribution in [-0.2, 0) is 9.53 Å². The van der Waals surface area contributed by atoms with E-state index in [1.54, 1.807) is 7.11 Å². The van der Waals surface area contributed by atoms with E-state index >= 15 is 0 Å². The molecule has 1 N–H and O–H groups in total. The SMILES string of the molecule is COC1CCCC1N1CCC(NC(C)C)C1=O. The molecular formula is C13H24N2O2. The third-order valence-corrected chi connectivity index (χ3v) is 3.90. The normalized spacial score (nSPS) is 34.0. The van der Waals surface area contributed by atoms with Crippen LogP contribution in [0.2, 0.25) is 0 Å². The molecule has 1 aliphatic heterocycles. The van der Waals surface area contributed by atoms with Crippen molar-refractivity contribution in [3.8, 4) is 0 Å². The van der Waals surface area contributed by atoms with Gasteiger partial charge in [0.1, 0.15) is 0 Å². The van der Waals surface area contributed by atoms with Crippen molar-refractivity contribution in [3.05, 3.63) is 0 Å². The van der Waals surface area contributed by atoms with Gasteiger partial charge in [0, 0.05) is 19.7 Å². The Kier molecular flexibility index (Phi) is 4.05. The molecule has 3 unspecified atom stereocenters. The van der Waals surface area contributed by atoms with Crippen molar-refractivity contribution in [2.75, 3.05) is 13.7 Å². The lowest BCUT2D eigenvalue weighted by atomic mass is 10.2. The molecule has 1 amide bonds. The zero-order valence-corrected chi connectivity index (χ0v) is 11.1. The first-order valence-corrected chi connectivity index (χ1v) is 6.72. The Morgan fingerprint density at radius 2 is 2.12 bits per heavy atom. The fourth-order valence-electron chi connectivity index (χ4n) is 3.13. The quantitative estimate of drug-likeness (QED) is 0.801. The number of rotatable bonds is 4. The van der Waals surface area contributed by atoms with Crippen molar-refractivity contribution >= 4 is 5.91 Å². The highest BCUT2D eigenvalue weighted by Gasteiger charge is 2.41. The van der Waals surface area contributed by atoms with Gasteiger partial charge in [-0.05, 0) is 25.7 Å². The summed E-state index contributed by atoms with van der Waals surface area (Å²) in [5, 5.41) is 3.35. The van der Waals surface area contributed by atoms with Gasteiger partial charge in [0.15, 0.2) is 0 Å². The van der Waals surface area contributed by atoms with Crippen molar-refractivity contribution in [2.45, 2.75) is 63.8 Å². The van der Waals surface area contributed by atoms with Gasteiger partial charge in [0.25, 0.3) is 0 Å². The lowest BCUT2D eigenvalue weighted by molar-refractivity contribution is -0.133. The first-order chi connectivity index (χ1) is 8.13. The third-order valence-electron chi connectivity index (χ3n) is 3.90. The van der Waals surface area contributed by atoms with Crippen molar-refractivity contribution in [2.24, 2.45) is 0 Å². The molecule has 0 spiro atoms. The predicted octanol–water partition coefficient (Wildman–Crippen LogP) is 1.15. The maximum absolute atomic E-state index is 12.3. The Morgan fingerprint density at radius 1 is 1.35 bits per heavy atom. The zero-order valence-electron chi connectivity index (χ0n) is 11.1. The molecular weight excluding hydrogens is 216 g/mol. The van der Waals surface area contributed by atoms with Gasteiger partial charge in [-0.3, -0.25) is 4.79 Å². The van der Waals surface area contributed by atoms with Crippen LogP contribution in [0.3, 0.4) is 0 Å². The number of ether oxygens (including phenoxy) is 1. The molecule has 2 rings (SSSR count). The number of methoxy groups -OCH3 is 1. The summed E-state index contributed by atoms with van der Waals surface area (Å²) in [6, 6.07) is 0.699. The molecule has 0 aromatic carbocycles. The monoisotopic (exact) mass is 240 g/mol. The van der Waals surface area contributed by atoms with Gasteiger partial charge in [-0.1, -0.05) is 13.8 Å². The van der Waals surface area contributed by atoms with E-state index < -0.39 is 0 Å². The van der Waals surface area contributed by atoms with E-state index in [2.05, 4.69) is 19.2 Å². The smallest absolute Gasteiger partial charge is 0.240 e. The number of hydrogen-bond acceptors (Lipinski definition) is 3. The van der Waals surface area contributed by atoms with Gasteiger partial charge in [0.2, 0.25) is 5.91 Å². The number of hydrogen-bond donors (Lipinski definition) is 1. The Hall–Kier alpha value is -0.610.